The third-order valence-corrected chi connectivity index (χ3v) is 2.42. The highest BCUT2D eigenvalue weighted by Gasteiger charge is 2.36. The molecular formula is C8H6Cl2O4. The van der Waals surface area contributed by atoms with Crippen LogP contribution in [-0.4, -0.2) is 27.6 Å². The van der Waals surface area contributed by atoms with Crippen LogP contribution in [0.15, 0.2) is 22.2 Å². The molecule has 4 nitrogen and oxygen atoms in total. The number of rotatable bonds is 2. The number of hydrogen-bond donors (Lipinski definition) is 2. The maximum atomic E-state index is 11.0. The number of carbonyl (C=O) groups excluding carboxylic acids is 1. The summed E-state index contributed by atoms with van der Waals surface area (Å²) in [6, 6.07) is 0. The van der Waals surface area contributed by atoms with Crippen LogP contribution < -0.4 is 0 Å². The zero-order valence-electron chi connectivity index (χ0n) is 6.83. The lowest BCUT2D eigenvalue weighted by molar-refractivity contribution is -0.140. The molecule has 0 fully saturated rings. The maximum Gasteiger partial charge on any atom is 0.307 e. The molecular weight excluding hydrogens is 231 g/mol. The predicted octanol–water partition coefficient (Wildman–Crippen LogP) is 1.02. The first kappa shape index (κ1) is 11.2. The molecule has 0 heterocycles. The second kappa shape index (κ2) is 3.73. The van der Waals surface area contributed by atoms with E-state index in [2.05, 4.69) is 0 Å². The van der Waals surface area contributed by atoms with E-state index in [0.29, 0.717) is 0 Å². The molecule has 2 N–H and O–H groups in total. The van der Waals surface area contributed by atoms with Gasteiger partial charge in [-0.3, -0.25) is 9.59 Å². The molecule has 0 spiro atoms. The van der Waals surface area contributed by atoms with Gasteiger partial charge in [0.25, 0.3) is 0 Å². The molecule has 0 aliphatic heterocycles. The Bertz CT molecular complexity index is 358. The highest BCUT2D eigenvalue weighted by Crippen LogP contribution is 2.32. The van der Waals surface area contributed by atoms with Crippen LogP contribution in [0.5, 0.6) is 0 Å². The van der Waals surface area contributed by atoms with Crippen molar-refractivity contribution in [2.24, 2.45) is 0 Å². The summed E-state index contributed by atoms with van der Waals surface area (Å²) >= 11 is 11.0. The van der Waals surface area contributed by atoms with Crippen LogP contribution in [0.4, 0.5) is 0 Å². The highest BCUT2D eigenvalue weighted by molar-refractivity contribution is 6.46. The Labute approximate surface area is 89.4 Å². The molecule has 1 aliphatic carbocycles. The Morgan fingerprint density at radius 2 is 2.07 bits per heavy atom. The van der Waals surface area contributed by atoms with Crippen LogP contribution >= 0.6 is 23.2 Å². The molecule has 1 rings (SSSR count). The van der Waals surface area contributed by atoms with E-state index in [1.807, 2.05) is 0 Å². The summed E-state index contributed by atoms with van der Waals surface area (Å²) in [5.41, 5.74) is -1.88. The molecule has 0 saturated carbocycles. The van der Waals surface area contributed by atoms with Crippen molar-refractivity contribution in [3.8, 4) is 0 Å². The van der Waals surface area contributed by atoms with Crippen molar-refractivity contribution in [3.63, 3.8) is 0 Å². The van der Waals surface area contributed by atoms with Crippen LogP contribution in [-0.2, 0) is 9.59 Å². The minimum atomic E-state index is -1.88. The number of carboxylic acids is 1. The summed E-state index contributed by atoms with van der Waals surface area (Å²) in [5, 5.41) is 17.7. The SMILES string of the molecule is O=C(O)CC1(O)C=C(Cl)C(=O)C=C1Cl. The summed E-state index contributed by atoms with van der Waals surface area (Å²) in [4.78, 5) is 21.4. The Morgan fingerprint density at radius 1 is 1.50 bits per heavy atom. The average molecular weight is 237 g/mol. The van der Waals surface area contributed by atoms with Crippen molar-refractivity contribution >= 4 is 35.0 Å². The lowest BCUT2D eigenvalue weighted by Crippen LogP contribution is -2.33. The van der Waals surface area contributed by atoms with E-state index in [1.165, 1.54) is 0 Å². The van der Waals surface area contributed by atoms with Crippen LogP contribution in [0.1, 0.15) is 6.42 Å². The van der Waals surface area contributed by atoms with Gasteiger partial charge >= 0.3 is 5.97 Å². The number of halogens is 2. The summed E-state index contributed by atoms with van der Waals surface area (Å²) in [6.45, 7) is 0. The second-order valence-corrected chi connectivity index (χ2v) is 3.66. The average Bonchev–Trinajstić information content (AvgIpc) is 1.99. The third kappa shape index (κ3) is 2.15. The Hall–Kier alpha value is -0.840. The van der Waals surface area contributed by atoms with E-state index >= 15 is 0 Å². The van der Waals surface area contributed by atoms with E-state index in [4.69, 9.17) is 28.3 Å². The molecule has 0 radical (unpaired) electrons. The van der Waals surface area contributed by atoms with Crippen molar-refractivity contribution < 1.29 is 19.8 Å². The number of carboxylic acid groups (broad SMARTS) is 1. The first-order valence-electron chi connectivity index (χ1n) is 3.60. The molecule has 0 bridgehead atoms. The van der Waals surface area contributed by atoms with E-state index in [0.717, 1.165) is 12.2 Å². The van der Waals surface area contributed by atoms with Gasteiger partial charge in [0.1, 0.15) is 5.60 Å². The topological polar surface area (TPSA) is 74.6 Å². The molecule has 76 valence electrons. The van der Waals surface area contributed by atoms with Crippen LogP contribution in [0, 0.1) is 0 Å². The van der Waals surface area contributed by atoms with Crippen molar-refractivity contribution in [3.05, 3.63) is 22.2 Å². The summed E-state index contributed by atoms with van der Waals surface area (Å²) in [5.74, 6) is -1.79. The number of ketones is 1. The van der Waals surface area contributed by atoms with Gasteiger partial charge in [-0.15, -0.1) is 0 Å². The van der Waals surface area contributed by atoms with Gasteiger partial charge in [0, 0.05) is 6.08 Å². The first-order chi connectivity index (χ1) is 6.35. The standard InChI is InChI=1S/C8H6Cl2O4/c9-4-2-8(14,3-7(12)13)6(10)1-5(4)11/h1-2,14H,3H2,(H,12,13). The van der Waals surface area contributed by atoms with E-state index in [-0.39, 0.29) is 10.1 Å². The minimum Gasteiger partial charge on any atom is -0.481 e. The predicted molar refractivity (Wildman–Crippen MR) is 50.1 cm³/mol. The lowest BCUT2D eigenvalue weighted by Gasteiger charge is -2.24. The van der Waals surface area contributed by atoms with Crippen molar-refractivity contribution in [1.29, 1.82) is 0 Å². The number of aliphatic carboxylic acids is 1. The van der Waals surface area contributed by atoms with Gasteiger partial charge in [-0.1, -0.05) is 23.2 Å². The van der Waals surface area contributed by atoms with Gasteiger partial charge < -0.3 is 10.2 Å². The van der Waals surface area contributed by atoms with Gasteiger partial charge in [0.2, 0.25) is 0 Å². The Kier molecular flexibility index (Phi) is 2.99. The molecule has 1 atom stereocenters. The molecule has 0 aromatic rings. The zero-order chi connectivity index (χ0) is 10.9. The van der Waals surface area contributed by atoms with E-state index in [9.17, 15) is 14.7 Å². The normalized spacial score (nSPS) is 26.9. The largest absolute Gasteiger partial charge is 0.481 e. The molecule has 6 heteroatoms. The fourth-order valence-corrected chi connectivity index (χ4v) is 1.48. The number of carbonyl (C=O) groups is 2. The van der Waals surface area contributed by atoms with E-state index < -0.39 is 23.8 Å². The molecule has 14 heavy (non-hydrogen) atoms. The van der Waals surface area contributed by atoms with Crippen LogP contribution in [0.25, 0.3) is 0 Å². The summed E-state index contributed by atoms with van der Waals surface area (Å²) in [6.07, 6.45) is 1.21. The number of allylic oxidation sites excluding steroid dienone is 2. The van der Waals surface area contributed by atoms with Crippen molar-refractivity contribution in [2.75, 3.05) is 0 Å². The molecule has 0 saturated heterocycles. The maximum absolute atomic E-state index is 11.0. The lowest BCUT2D eigenvalue weighted by atomic mass is 9.93. The minimum absolute atomic E-state index is 0.238. The van der Waals surface area contributed by atoms with E-state index in [1.54, 1.807) is 0 Å². The van der Waals surface area contributed by atoms with Crippen LogP contribution in [0.3, 0.4) is 0 Å². The molecule has 1 unspecified atom stereocenters. The highest BCUT2D eigenvalue weighted by atomic mass is 35.5. The zero-order valence-corrected chi connectivity index (χ0v) is 8.34. The summed E-state index contributed by atoms with van der Waals surface area (Å²) in [7, 11) is 0. The third-order valence-electron chi connectivity index (χ3n) is 1.69. The van der Waals surface area contributed by atoms with Crippen molar-refractivity contribution in [1.82, 2.24) is 0 Å². The molecule has 0 aromatic carbocycles. The fraction of sp³-hybridized carbons (Fsp3) is 0.250. The van der Waals surface area contributed by atoms with Crippen molar-refractivity contribution in [2.45, 2.75) is 12.0 Å². The van der Waals surface area contributed by atoms with Gasteiger partial charge in [0.05, 0.1) is 16.5 Å². The van der Waals surface area contributed by atoms with Gasteiger partial charge in [0.15, 0.2) is 5.78 Å². The quantitative estimate of drug-likeness (QED) is 0.751. The molecule has 1 aliphatic rings. The molecule has 0 aromatic heterocycles. The first-order valence-corrected chi connectivity index (χ1v) is 4.35. The number of hydrogen-bond acceptors (Lipinski definition) is 3. The Morgan fingerprint density at radius 3 is 2.57 bits per heavy atom. The second-order valence-electron chi connectivity index (χ2n) is 2.84. The summed E-state index contributed by atoms with van der Waals surface area (Å²) < 4.78 is 0. The van der Waals surface area contributed by atoms with Gasteiger partial charge in [-0.25, -0.2) is 0 Å². The number of aliphatic hydroxyl groups is 1. The van der Waals surface area contributed by atoms with Crippen LogP contribution in [0.2, 0.25) is 0 Å². The van der Waals surface area contributed by atoms with Gasteiger partial charge in [-0.05, 0) is 6.08 Å². The van der Waals surface area contributed by atoms with Gasteiger partial charge in [-0.2, -0.15) is 0 Å². The fourth-order valence-electron chi connectivity index (χ4n) is 1.02. The molecule has 0 amide bonds. The smallest absolute Gasteiger partial charge is 0.307 e. The Balaban J connectivity index is 3.05. The monoisotopic (exact) mass is 236 g/mol.